The van der Waals surface area contributed by atoms with Gasteiger partial charge in [-0.05, 0) is 6.92 Å². The number of carboxylic acid groups (broad SMARTS) is 1. The van der Waals surface area contributed by atoms with Crippen LogP contribution < -0.4 is 0 Å². The monoisotopic (exact) mass is 245 g/mol. The predicted octanol–water partition coefficient (Wildman–Crippen LogP) is 1.43. The molecule has 81 valence electrons. The van der Waals surface area contributed by atoms with Gasteiger partial charge in [0.25, 0.3) is 0 Å². The van der Waals surface area contributed by atoms with Gasteiger partial charge in [-0.25, -0.2) is 9.78 Å². The number of carbonyl (C=O) groups is 1. The van der Waals surface area contributed by atoms with Crippen molar-refractivity contribution in [3.63, 3.8) is 0 Å². The molecule has 0 fully saturated rings. The van der Waals surface area contributed by atoms with Crippen LogP contribution in [0.5, 0.6) is 0 Å². The number of thioether (sulfide) groups is 1. The molecular formula is C8H9N2O3S2. The van der Waals surface area contributed by atoms with E-state index < -0.39 is 5.97 Å². The number of aryl methyl sites for hydroxylation is 1. The molecule has 0 amide bonds. The van der Waals surface area contributed by atoms with Crippen LogP contribution in [0.2, 0.25) is 0 Å². The molecule has 0 aliphatic rings. The first kappa shape index (κ1) is 12.0. The van der Waals surface area contributed by atoms with Gasteiger partial charge in [0, 0.05) is 0 Å². The standard InChI is InChI=1S/C8H9N2O3S2/c1-5-3-14-8(9-5)15-4-6(7(11)12)10-13-2/h4H2,1-2H3,(H,11,12)/b10-6-. The Kier molecular flexibility index (Phi) is 4.57. The van der Waals surface area contributed by atoms with Crippen molar-refractivity contribution < 1.29 is 14.7 Å². The van der Waals surface area contributed by atoms with E-state index in [1.165, 1.54) is 30.2 Å². The molecule has 0 unspecified atom stereocenters. The normalized spacial score (nSPS) is 11.5. The van der Waals surface area contributed by atoms with Crippen molar-refractivity contribution in [3.05, 3.63) is 11.1 Å². The number of carboxylic acids is 1. The topological polar surface area (TPSA) is 71.8 Å². The van der Waals surface area contributed by atoms with Gasteiger partial charge < -0.3 is 9.94 Å². The second-order valence-electron chi connectivity index (χ2n) is 2.48. The molecule has 0 spiro atoms. The van der Waals surface area contributed by atoms with Gasteiger partial charge in [0.05, 0.1) is 16.8 Å². The van der Waals surface area contributed by atoms with Gasteiger partial charge >= 0.3 is 5.97 Å². The molecule has 1 aromatic heterocycles. The van der Waals surface area contributed by atoms with E-state index in [-0.39, 0.29) is 11.5 Å². The van der Waals surface area contributed by atoms with Crippen LogP contribution in [0.15, 0.2) is 9.50 Å². The van der Waals surface area contributed by atoms with Crippen molar-refractivity contribution in [2.45, 2.75) is 11.3 Å². The van der Waals surface area contributed by atoms with Crippen LogP contribution in [-0.2, 0) is 9.63 Å². The Bertz CT molecular complexity index is 376. The molecule has 1 N–H and O–H groups in total. The lowest BCUT2D eigenvalue weighted by atomic mass is 10.4. The van der Waals surface area contributed by atoms with Crippen LogP contribution in [0.3, 0.4) is 0 Å². The largest absolute Gasteiger partial charge is 0.477 e. The van der Waals surface area contributed by atoms with Crippen molar-refractivity contribution in [2.75, 3.05) is 12.9 Å². The van der Waals surface area contributed by atoms with Crippen LogP contribution >= 0.6 is 23.1 Å². The molecule has 7 heteroatoms. The summed E-state index contributed by atoms with van der Waals surface area (Å²) in [6, 6.07) is 0. The summed E-state index contributed by atoms with van der Waals surface area (Å²) in [5.41, 5.74) is 0.776. The summed E-state index contributed by atoms with van der Waals surface area (Å²) in [4.78, 5) is 19.2. The number of hydrogen-bond acceptors (Lipinski definition) is 6. The minimum Gasteiger partial charge on any atom is -0.477 e. The molecule has 0 saturated heterocycles. The first-order chi connectivity index (χ1) is 7.13. The summed E-state index contributed by atoms with van der Waals surface area (Å²) in [7, 11) is 1.31. The molecule has 1 heterocycles. The Hall–Kier alpha value is -1.08. The van der Waals surface area contributed by atoms with Crippen LogP contribution in [0.4, 0.5) is 0 Å². The Morgan fingerprint density at radius 2 is 2.53 bits per heavy atom. The molecule has 1 rings (SSSR count). The van der Waals surface area contributed by atoms with Crippen LogP contribution in [-0.4, -0.2) is 34.6 Å². The number of aromatic nitrogens is 1. The van der Waals surface area contributed by atoms with Gasteiger partial charge in [-0.1, -0.05) is 16.9 Å². The van der Waals surface area contributed by atoms with E-state index in [1.807, 2.05) is 6.92 Å². The highest BCUT2D eigenvalue weighted by Gasteiger charge is 2.12. The van der Waals surface area contributed by atoms with Crippen molar-refractivity contribution in [3.8, 4) is 0 Å². The highest BCUT2D eigenvalue weighted by molar-refractivity contribution is 8.01. The minimum atomic E-state index is -1.08. The van der Waals surface area contributed by atoms with E-state index in [0.29, 0.717) is 0 Å². The number of rotatable bonds is 5. The highest BCUT2D eigenvalue weighted by atomic mass is 32.2. The zero-order valence-corrected chi connectivity index (χ0v) is 9.81. The number of nitrogens with zero attached hydrogens (tertiary/aromatic N) is 2. The zero-order chi connectivity index (χ0) is 11.3. The predicted molar refractivity (Wildman–Crippen MR) is 58.5 cm³/mol. The lowest BCUT2D eigenvalue weighted by Crippen LogP contribution is -2.15. The summed E-state index contributed by atoms with van der Waals surface area (Å²) < 4.78 is 0.776. The summed E-state index contributed by atoms with van der Waals surface area (Å²) in [6.45, 7) is 1.84. The molecule has 0 aliphatic heterocycles. The second kappa shape index (κ2) is 5.72. The van der Waals surface area contributed by atoms with Crippen molar-refractivity contribution >= 4 is 34.8 Å². The Morgan fingerprint density at radius 1 is 1.80 bits per heavy atom. The van der Waals surface area contributed by atoms with E-state index in [1.54, 1.807) is 0 Å². The van der Waals surface area contributed by atoms with Crippen molar-refractivity contribution in [1.82, 2.24) is 4.98 Å². The average molecular weight is 245 g/mol. The molecular weight excluding hydrogens is 236 g/mol. The SMILES string of the molecule is CO/N=C(/CSc1nc(C)[c]s1)C(=O)O. The Balaban J connectivity index is 2.54. The summed E-state index contributed by atoms with van der Waals surface area (Å²) >= 11 is 2.66. The zero-order valence-electron chi connectivity index (χ0n) is 8.18. The summed E-state index contributed by atoms with van der Waals surface area (Å²) in [5.74, 6) is -0.856. The summed E-state index contributed by atoms with van der Waals surface area (Å²) in [6.07, 6.45) is 0. The molecule has 0 aromatic carbocycles. The van der Waals surface area contributed by atoms with Gasteiger partial charge in [-0.2, -0.15) is 0 Å². The first-order valence-corrected chi connectivity index (χ1v) is 5.75. The fraction of sp³-hybridized carbons (Fsp3) is 0.375. The number of hydrogen-bond donors (Lipinski definition) is 1. The van der Waals surface area contributed by atoms with Gasteiger partial charge in [0.15, 0.2) is 10.1 Å². The molecule has 1 radical (unpaired) electrons. The second-order valence-corrected chi connectivity index (χ2v) is 4.50. The molecule has 15 heavy (non-hydrogen) atoms. The Morgan fingerprint density at radius 3 is 3.00 bits per heavy atom. The quantitative estimate of drug-likeness (QED) is 0.482. The molecule has 5 nitrogen and oxygen atoms in total. The van der Waals surface area contributed by atoms with E-state index >= 15 is 0 Å². The third kappa shape index (κ3) is 3.88. The third-order valence-electron chi connectivity index (χ3n) is 1.33. The number of thiazole rings is 1. The van der Waals surface area contributed by atoms with Crippen molar-refractivity contribution in [2.24, 2.45) is 5.16 Å². The van der Waals surface area contributed by atoms with Crippen LogP contribution in [0, 0.1) is 12.3 Å². The van der Waals surface area contributed by atoms with Gasteiger partial charge in [-0.15, -0.1) is 11.3 Å². The molecule has 1 aromatic rings. The average Bonchev–Trinajstić information content (AvgIpc) is 2.58. The van der Waals surface area contributed by atoms with E-state index in [9.17, 15) is 4.79 Å². The third-order valence-corrected chi connectivity index (χ3v) is 3.35. The maximum atomic E-state index is 10.7. The van der Waals surface area contributed by atoms with E-state index in [4.69, 9.17) is 5.11 Å². The van der Waals surface area contributed by atoms with Gasteiger partial charge in [0.2, 0.25) is 0 Å². The maximum Gasteiger partial charge on any atom is 0.354 e. The molecule has 0 saturated carbocycles. The highest BCUT2D eigenvalue weighted by Crippen LogP contribution is 2.21. The molecule has 0 bridgehead atoms. The maximum absolute atomic E-state index is 10.7. The number of oxime groups is 1. The van der Waals surface area contributed by atoms with E-state index in [0.717, 1.165) is 10.0 Å². The van der Waals surface area contributed by atoms with Crippen LogP contribution in [0.25, 0.3) is 0 Å². The van der Waals surface area contributed by atoms with E-state index in [2.05, 4.69) is 20.4 Å². The Labute approximate surface area is 95.2 Å². The molecule has 0 aliphatic carbocycles. The minimum absolute atomic E-state index is 0.0321. The first-order valence-electron chi connectivity index (χ1n) is 3.94. The fourth-order valence-electron chi connectivity index (χ4n) is 0.729. The summed E-state index contributed by atoms with van der Waals surface area (Å²) in [5, 5.41) is 15.1. The number of aliphatic carboxylic acids is 1. The molecule has 0 atom stereocenters. The van der Waals surface area contributed by atoms with Crippen LogP contribution in [0.1, 0.15) is 5.69 Å². The van der Waals surface area contributed by atoms with Gasteiger partial charge in [0.1, 0.15) is 7.11 Å². The van der Waals surface area contributed by atoms with Gasteiger partial charge in [-0.3, -0.25) is 0 Å². The lowest BCUT2D eigenvalue weighted by Gasteiger charge is -1.97. The fourth-order valence-corrected chi connectivity index (χ4v) is 2.37. The van der Waals surface area contributed by atoms with Crippen molar-refractivity contribution in [1.29, 1.82) is 0 Å². The lowest BCUT2D eigenvalue weighted by molar-refractivity contribution is -0.129. The smallest absolute Gasteiger partial charge is 0.354 e.